The molecule has 0 spiro atoms. The highest BCUT2D eigenvalue weighted by molar-refractivity contribution is 5.83. The van der Waals surface area contributed by atoms with Crippen molar-refractivity contribution in [3.8, 4) is 11.4 Å². The number of aromatic amines is 1. The number of rotatable bonds is 1. The Labute approximate surface area is 106 Å². The highest BCUT2D eigenvalue weighted by Crippen LogP contribution is 2.19. The number of nitrogens with one attached hydrogen (secondary N) is 1. The predicted molar refractivity (Wildman–Crippen MR) is 67.1 cm³/mol. The molecule has 3 aromatic rings. The molecule has 3 rings (SSSR count). The molecular formula is C12H10FN5O. The first kappa shape index (κ1) is 11.5. The van der Waals surface area contributed by atoms with E-state index in [1.807, 2.05) is 0 Å². The normalized spacial score (nSPS) is 11.1. The minimum Gasteiger partial charge on any atom is -0.358 e. The molecule has 0 bridgehead atoms. The second-order valence-corrected chi connectivity index (χ2v) is 4.27. The van der Waals surface area contributed by atoms with Gasteiger partial charge >= 0.3 is 0 Å². The summed E-state index contributed by atoms with van der Waals surface area (Å²) in [6, 6.07) is 4.00. The van der Waals surface area contributed by atoms with Crippen molar-refractivity contribution < 1.29 is 4.39 Å². The highest BCUT2D eigenvalue weighted by atomic mass is 19.1. The lowest BCUT2D eigenvalue weighted by Gasteiger charge is -2.06. The molecule has 2 aromatic heterocycles. The van der Waals surface area contributed by atoms with Crippen LogP contribution in [-0.2, 0) is 7.05 Å². The van der Waals surface area contributed by atoms with Gasteiger partial charge in [-0.05, 0) is 35.5 Å². The lowest BCUT2D eigenvalue weighted by atomic mass is 10.1. The van der Waals surface area contributed by atoms with E-state index in [1.54, 1.807) is 14.0 Å². The van der Waals surface area contributed by atoms with Gasteiger partial charge in [-0.2, -0.15) is 0 Å². The monoisotopic (exact) mass is 259 g/mol. The number of hydrogen-bond acceptors (Lipinski definition) is 4. The van der Waals surface area contributed by atoms with Crippen LogP contribution in [0.15, 0.2) is 23.0 Å². The van der Waals surface area contributed by atoms with Crippen LogP contribution in [0.25, 0.3) is 22.3 Å². The van der Waals surface area contributed by atoms with Gasteiger partial charge in [-0.25, -0.2) is 9.07 Å². The first-order chi connectivity index (χ1) is 9.08. The van der Waals surface area contributed by atoms with Crippen molar-refractivity contribution in [3.05, 3.63) is 39.9 Å². The van der Waals surface area contributed by atoms with E-state index in [1.165, 1.54) is 22.9 Å². The van der Waals surface area contributed by atoms with Crippen LogP contribution in [0.4, 0.5) is 4.39 Å². The summed E-state index contributed by atoms with van der Waals surface area (Å²) in [4.78, 5) is 15.5. The van der Waals surface area contributed by atoms with E-state index in [-0.39, 0.29) is 5.43 Å². The molecule has 0 saturated carbocycles. The van der Waals surface area contributed by atoms with Gasteiger partial charge in [-0.3, -0.25) is 4.79 Å². The summed E-state index contributed by atoms with van der Waals surface area (Å²) >= 11 is 0. The van der Waals surface area contributed by atoms with E-state index in [4.69, 9.17) is 0 Å². The second-order valence-electron chi connectivity index (χ2n) is 4.27. The van der Waals surface area contributed by atoms with Crippen LogP contribution in [0, 0.1) is 12.7 Å². The maximum atomic E-state index is 13.2. The Bertz CT molecular complexity index is 836. The van der Waals surface area contributed by atoms with Crippen molar-refractivity contribution in [2.45, 2.75) is 6.92 Å². The fraction of sp³-hybridized carbons (Fsp3) is 0.167. The summed E-state index contributed by atoms with van der Waals surface area (Å²) in [7, 11) is 1.66. The maximum Gasteiger partial charge on any atom is 0.200 e. The number of aromatic nitrogens is 5. The summed E-state index contributed by atoms with van der Waals surface area (Å²) in [5.41, 5.74) is 1.23. The summed E-state index contributed by atoms with van der Waals surface area (Å²) in [6.45, 7) is 1.73. The molecule has 19 heavy (non-hydrogen) atoms. The lowest BCUT2D eigenvalue weighted by Crippen LogP contribution is -2.12. The van der Waals surface area contributed by atoms with E-state index in [2.05, 4.69) is 20.5 Å². The standard InChI is InChI=1S/C12H10FN5O/c1-6-10(12-15-16-17-18(12)2)11(19)8-4-3-7(13)5-9(8)14-6/h3-5H,1-2H3,(H,14,19). The summed E-state index contributed by atoms with van der Waals surface area (Å²) in [5, 5.41) is 11.5. The molecule has 96 valence electrons. The Kier molecular flexibility index (Phi) is 2.41. The number of fused-ring (bicyclic) bond motifs is 1. The molecule has 7 heteroatoms. The zero-order valence-corrected chi connectivity index (χ0v) is 10.3. The lowest BCUT2D eigenvalue weighted by molar-refractivity contribution is 0.629. The number of H-pyrrole nitrogens is 1. The Morgan fingerprint density at radius 3 is 2.84 bits per heavy atom. The van der Waals surface area contributed by atoms with E-state index < -0.39 is 5.82 Å². The Balaban J connectivity index is 2.42. The summed E-state index contributed by atoms with van der Waals surface area (Å²) in [6.07, 6.45) is 0. The van der Waals surface area contributed by atoms with Gasteiger partial charge in [0.25, 0.3) is 0 Å². The SMILES string of the molecule is Cc1[nH]c2cc(F)ccc2c(=O)c1-c1nnnn1C. The number of aryl methyl sites for hydroxylation is 2. The third kappa shape index (κ3) is 1.70. The Morgan fingerprint density at radius 2 is 2.16 bits per heavy atom. The molecule has 0 saturated heterocycles. The minimum absolute atomic E-state index is 0.218. The fourth-order valence-corrected chi connectivity index (χ4v) is 2.10. The molecular weight excluding hydrogens is 249 g/mol. The van der Waals surface area contributed by atoms with Crippen molar-refractivity contribution in [1.29, 1.82) is 0 Å². The van der Waals surface area contributed by atoms with Crippen molar-refractivity contribution >= 4 is 10.9 Å². The van der Waals surface area contributed by atoms with Crippen LogP contribution in [-0.4, -0.2) is 25.2 Å². The van der Waals surface area contributed by atoms with E-state index >= 15 is 0 Å². The van der Waals surface area contributed by atoms with Gasteiger partial charge in [0, 0.05) is 18.1 Å². The minimum atomic E-state index is -0.393. The summed E-state index contributed by atoms with van der Waals surface area (Å²) in [5.74, 6) is -0.0133. The third-order valence-corrected chi connectivity index (χ3v) is 2.99. The van der Waals surface area contributed by atoms with Gasteiger partial charge in [0.05, 0.1) is 11.1 Å². The van der Waals surface area contributed by atoms with Crippen molar-refractivity contribution in [3.63, 3.8) is 0 Å². The zero-order valence-electron chi connectivity index (χ0n) is 10.3. The van der Waals surface area contributed by atoms with Gasteiger partial charge in [0.15, 0.2) is 5.82 Å². The number of pyridine rings is 1. The molecule has 2 heterocycles. The average molecular weight is 259 g/mol. The molecule has 1 N–H and O–H groups in total. The molecule has 0 unspecified atom stereocenters. The molecule has 0 amide bonds. The fourth-order valence-electron chi connectivity index (χ4n) is 2.10. The van der Waals surface area contributed by atoms with Gasteiger partial charge in [-0.1, -0.05) is 0 Å². The van der Waals surface area contributed by atoms with Crippen LogP contribution >= 0.6 is 0 Å². The molecule has 6 nitrogen and oxygen atoms in total. The quantitative estimate of drug-likeness (QED) is 0.711. The largest absolute Gasteiger partial charge is 0.358 e. The predicted octanol–water partition coefficient (Wildman–Crippen LogP) is 1.17. The van der Waals surface area contributed by atoms with Crippen LogP contribution in [0.1, 0.15) is 5.69 Å². The number of hydrogen-bond donors (Lipinski definition) is 1. The molecule has 0 aliphatic rings. The van der Waals surface area contributed by atoms with Crippen molar-refractivity contribution in [1.82, 2.24) is 25.2 Å². The Morgan fingerprint density at radius 1 is 1.37 bits per heavy atom. The first-order valence-electron chi connectivity index (χ1n) is 5.63. The van der Waals surface area contributed by atoms with Crippen LogP contribution in [0.3, 0.4) is 0 Å². The van der Waals surface area contributed by atoms with Crippen molar-refractivity contribution in [2.75, 3.05) is 0 Å². The molecule has 0 radical (unpaired) electrons. The van der Waals surface area contributed by atoms with Crippen LogP contribution in [0.2, 0.25) is 0 Å². The smallest absolute Gasteiger partial charge is 0.200 e. The highest BCUT2D eigenvalue weighted by Gasteiger charge is 2.16. The zero-order chi connectivity index (χ0) is 13.6. The van der Waals surface area contributed by atoms with E-state index in [0.717, 1.165) is 0 Å². The van der Waals surface area contributed by atoms with Crippen LogP contribution in [0.5, 0.6) is 0 Å². The Hall–Kier alpha value is -2.57. The number of benzene rings is 1. The van der Waals surface area contributed by atoms with Crippen LogP contribution < -0.4 is 5.43 Å². The number of tetrazole rings is 1. The molecule has 0 aliphatic heterocycles. The van der Waals surface area contributed by atoms with Crippen molar-refractivity contribution in [2.24, 2.45) is 7.05 Å². The number of halogens is 1. The molecule has 0 aliphatic carbocycles. The third-order valence-electron chi connectivity index (χ3n) is 2.99. The van der Waals surface area contributed by atoms with Gasteiger partial charge < -0.3 is 4.98 Å². The molecule has 1 aromatic carbocycles. The van der Waals surface area contributed by atoms with Gasteiger partial charge in [0.2, 0.25) is 5.43 Å². The van der Waals surface area contributed by atoms with E-state index in [9.17, 15) is 9.18 Å². The second kappa shape index (κ2) is 3.98. The van der Waals surface area contributed by atoms with E-state index in [0.29, 0.717) is 28.0 Å². The first-order valence-corrected chi connectivity index (χ1v) is 5.63. The maximum absolute atomic E-state index is 13.2. The topological polar surface area (TPSA) is 76.5 Å². The van der Waals surface area contributed by atoms with Gasteiger partial charge in [0.1, 0.15) is 5.82 Å². The average Bonchev–Trinajstić information content (AvgIpc) is 2.75. The molecule has 0 atom stereocenters. The summed E-state index contributed by atoms with van der Waals surface area (Å²) < 4.78 is 14.6. The number of nitrogens with zero attached hydrogens (tertiary/aromatic N) is 4. The van der Waals surface area contributed by atoms with Gasteiger partial charge in [-0.15, -0.1) is 5.10 Å². The molecule has 0 fully saturated rings.